The van der Waals surface area contributed by atoms with Crippen molar-refractivity contribution in [2.45, 2.75) is 6.42 Å². The van der Waals surface area contributed by atoms with Crippen molar-refractivity contribution in [1.82, 2.24) is 10.6 Å². The van der Waals surface area contributed by atoms with Gasteiger partial charge in [-0.2, -0.15) is 0 Å². The normalized spacial score (nSPS) is 19.6. The van der Waals surface area contributed by atoms with E-state index in [1.165, 1.54) is 0 Å². The van der Waals surface area contributed by atoms with E-state index in [-0.39, 0.29) is 5.91 Å². The van der Waals surface area contributed by atoms with Gasteiger partial charge < -0.3 is 14.8 Å². The Hall–Kier alpha value is -1.79. The van der Waals surface area contributed by atoms with Crippen LogP contribution in [0.15, 0.2) is 17.8 Å². The van der Waals surface area contributed by atoms with Crippen molar-refractivity contribution in [3.8, 4) is 11.5 Å². The molecule has 2 heterocycles. The lowest BCUT2D eigenvalue weighted by Crippen LogP contribution is -2.21. The Morgan fingerprint density at radius 1 is 1.25 bits per heavy atom. The van der Waals surface area contributed by atoms with Crippen molar-refractivity contribution in [2.24, 2.45) is 0 Å². The minimum Gasteiger partial charge on any atom is -0.489 e. The molecule has 0 atom stereocenters. The first-order chi connectivity index (χ1) is 9.63. The third-order valence-corrected chi connectivity index (χ3v) is 3.34. The summed E-state index contributed by atoms with van der Waals surface area (Å²) in [5, 5.41) is 6.03. The number of thiocarbonyl (C=S) groups is 1. The summed E-state index contributed by atoms with van der Waals surface area (Å²) in [6, 6.07) is 3.51. The third-order valence-electron chi connectivity index (χ3n) is 2.86. The van der Waals surface area contributed by atoms with Gasteiger partial charge >= 0.3 is 0 Å². The van der Waals surface area contributed by atoms with E-state index in [9.17, 15) is 4.79 Å². The summed E-state index contributed by atoms with van der Waals surface area (Å²) in [6.07, 6.45) is 2.47. The first-order valence-corrected chi connectivity index (χ1v) is 6.85. The fraction of sp³-hybridized carbons (Fsp3) is 0.231. The molecule has 1 aromatic rings. The van der Waals surface area contributed by atoms with Crippen LogP contribution >= 0.6 is 23.8 Å². The number of ether oxygens (including phenoxy) is 2. The smallest absolute Gasteiger partial charge is 0.273 e. The Morgan fingerprint density at radius 2 is 2.05 bits per heavy atom. The minimum absolute atomic E-state index is 0.266. The van der Waals surface area contributed by atoms with E-state index in [4.69, 9.17) is 33.3 Å². The van der Waals surface area contributed by atoms with Crippen molar-refractivity contribution >= 4 is 40.9 Å². The molecule has 1 fully saturated rings. The van der Waals surface area contributed by atoms with Gasteiger partial charge in [-0.1, -0.05) is 11.6 Å². The summed E-state index contributed by atoms with van der Waals surface area (Å²) in [5.41, 5.74) is 1.11. The Kier molecular flexibility index (Phi) is 3.50. The number of amides is 1. The van der Waals surface area contributed by atoms with E-state index in [1.54, 1.807) is 18.2 Å². The lowest BCUT2D eigenvalue weighted by atomic mass is 10.1. The van der Waals surface area contributed by atoms with Gasteiger partial charge in [0, 0.05) is 6.42 Å². The average molecular weight is 311 g/mol. The van der Waals surface area contributed by atoms with Gasteiger partial charge in [-0.25, -0.2) is 0 Å². The van der Waals surface area contributed by atoms with Gasteiger partial charge in [0.1, 0.15) is 5.70 Å². The van der Waals surface area contributed by atoms with Crippen molar-refractivity contribution in [2.75, 3.05) is 13.2 Å². The van der Waals surface area contributed by atoms with Crippen LogP contribution in [0.2, 0.25) is 5.02 Å². The Morgan fingerprint density at radius 3 is 2.80 bits per heavy atom. The lowest BCUT2D eigenvalue weighted by molar-refractivity contribution is -0.115. The second-order valence-corrected chi connectivity index (χ2v) is 5.16. The maximum atomic E-state index is 11.6. The number of halogens is 1. The highest BCUT2D eigenvalue weighted by Crippen LogP contribution is 2.38. The van der Waals surface area contributed by atoms with Crippen molar-refractivity contribution in [3.05, 3.63) is 28.4 Å². The van der Waals surface area contributed by atoms with Crippen LogP contribution in [0.1, 0.15) is 12.0 Å². The molecule has 20 heavy (non-hydrogen) atoms. The largest absolute Gasteiger partial charge is 0.489 e. The van der Waals surface area contributed by atoms with E-state index >= 15 is 0 Å². The van der Waals surface area contributed by atoms with E-state index < -0.39 is 0 Å². The van der Waals surface area contributed by atoms with Gasteiger partial charge in [-0.3, -0.25) is 10.1 Å². The van der Waals surface area contributed by atoms with E-state index in [2.05, 4.69) is 10.6 Å². The van der Waals surface area contributed by atoms with Crippen LogP contribution in [0.3, 0.4) is 0 Å². The molecule has 2 N–H and O–H groups in total. The van der Waals surface area contributed by atoms with E-state index in [0.717, 1.165) is 12.0 Å². The molecule has 0 bridgehead atoms. The van der Waals surface area contributed by atoms with Crippen LogP contribution in [0.25, 0.3) is 6.08 Å². The molecule has 3 rings (SSSR count). The molecule has 0 saturated carbocycles. The van der Waals surface area contributed by atoms with Crippen molar-refractivity contribution < 1.29 is 14.3 Å². The molecule has 0 aromatic heterocycles. The molecule has 1 amide bonds. The highest BCUT2D eigenvalue weighted by molar-refractivity contribution is 7.80. The average Bonchev–Trinajstić information content (AvgIpc) is 2.61. The zero-order chi connectivity index (χ0) is 14.1. The SMILES string of the molecule is O=C1NC(=S)N/C1=C/c1cc(Cl)c2c(c1)OCCCO2. The van der Waals surface area contributed by atoms with Gasteiger partial charge in [0.25, 0.3) is 5.91 Å². The summed E-state index contributed by atoms with van der Waals surface area (Å²) in [5.74, 6) is 0.867. The molecule has 0 unspecified atom stereocenters. The molecule has 1 saturated heterocycles. The molecule has 2 aliphatic rings. The maximum absolute atomic E-state index is 11.6. The Labute approximate surface area is 125 Å². The van der Waals surface area contributed by atoms with E-state index in [1.807, 2.05) is 0 Å². The fourth-order valence-corrected chi connectivity index (χ4v) is 2.46. The van der Waals surface area contributed by atoms with Crippen LogP contribution in [0.4, 0.5) is 0 Å². The van der Waals surface area contributed by atoms with Crippen molar-refractivity contribution in [1.29, 1.82) is 0 Å². The molecular weight excluding hydrogens is 300 g/mol. The quantitative estimate of drug-likeness (QED) is 0.612. The molecule has 0 spiro atoms. The number of fused-ring (bicyclic) bond motifs is 1. The van der Waals surface area contributed by atoms with Gasteiger partial charge in [0.15, 0.2) is 16.6 Å². The molecule has 1 aromatic carbocycles. The second kappa shape index (κ2) is 5.30. The molecule has 0 aliphatic carbocycles. The first kappa shape index (κ1) is 13.2. The van der Waals surface area contributed by atoms with Gasteiger partial charge in [-0.05, 0) is 36.0 Å². The zero-order valence-electron chi connectivity index (χ0n) is 10.4. The predicted octanol–water partition coefficient (Wildman–Crippen LogP) is 1.85. The number of carbonyl (C=O) groups excluding carboxylic acids is 1. The minimum atomic E-state index is -0.266. The number of hydrogen-bond donors (Lipinski definition) is 2. The molecule has 5 nitrogen and oxygen atoms in total. The Balaban J connectivity index is 1.97. The van der Waals surface area contributed by atoms with Crippen molar-refractivity contribution in [3.63, 3.8) is 0 Å². The number of hydrogen-bond acceptors (Lipinski definition) is 4. The van der Waals surface area contributed by atoms with Crippen LogP contribution in [0, 0.1) is 0 Å². The third kappa shape index (κ3) is 2.57. The van der Waals surface area contributed by atoms with Crippen LogP contribution in [-0.4, -0.2) is 24.2 Å². The van der Waals surface area contributed by atoms with Crippen LogP contribution < -0.4 is 20.1 Å². The lowest BCUT2D eigenvalue weighted by Gasteiger charge is -2.10. The highest BCUT2D eigenvalue weighted by Gasteiger charge is 2.21. The molecule has 2 aliphatic heterocycles. The second-order valence-electron chi connectivity index (χ2n) is 4.35. The Bertz CT molecular complexity index is 630. The van der Waals surface area contributed by atoms with Gasteiger partial charge in [0.2, 0.25) is 0 Å². The monoisotopic (exact) mass is 310 g/mol. The predicted molar refractivity (Wildman–Crippen MR) is 78.9 cm³/mol. The maximum Gasteiger partial charge on any atom is 0.273 e. The standard InChI is InChI=1S/C13H11ClN2O3S/c14-8-4-7(5-9-12(17)16-13(20)15-9)6-10-11(8)19-3-1-2-18-10/h4-6H,1-3H2,(H2,15,16,17,20)/b9-5+. The number of carbonyl (C=O) groups is 1. The topological polar surface area (TPSA) is 59.6 Å². The molecule has 104 valence electrons. The van der Waals surface area contributed by atoms with Gasteiger partial charge in [0.05, 0.1) is 18.2 Å². The molecule has 7 heteroatoms. The zero-order valence-corrected chi connectivity index (χ0v) is 11.9. The van der Waals surface area contributed by atoms with Crippen LogP contribution in [-0.2, 0) is 4.79 Å². The first-order valence-electron chi connectivity index (χ1n) is 6.06. The molecular formula is C13H11ClN2O3S. The van der Waals surface area contributed by atoms with Gasteiger partial charge in [-0.15, -0.1) is 0 Å². The summed E-state index contributed by atoms with van der Waals surface area (Å²) in [6.45, 7) is 1.15. The number of nitrogens with one attached hydrogen (secondary N) is 2. The fourth-order valence-electron chi connectivity index (χ4n) is 1.98. The highest BCUT2D eigenvalue weighted by atomic mass is 35.5. The number of benzene rings is 1. The summed E-state index contributed by atoms with van der Waals surface area (Å²) < 4.78 is 11.1. The summed E-state index contributed by atoms with van der Waals surface area (Å²) in [7, 11) is 0. The van der Waals surface area contributed by atoms with E-state index in [0.29, 0.717) is 40.5 Å². The number of rotatable bonds is 1. The molecule has 0 radical (unpaired) electrons. The summed E-state index contributed by atoms with van der Waals surface area (Å²) in [4.78, 5) is 11.6. The summed E-state index contributed by atoms with van der Waals surface area (Å²) >= 11 is 11.1. The van der Waals surface area contributed by atoms with Crippen LogP contribution in [0.5, 0.6) is 11.5 Å².